The molecule has 2 aromatic carbocycles. The number of anilines is 1. The minimum atomic E-state index is -0.982. The molecule has 2 rings (SSSR count). The van der Waals surface area contributed by atoms with E-state index in [0.29, 0.717) is 23.7 Å². The number of carboxylic acid groups (broad SMARTS) is 1. The summed E-state index contributed by atoms with van der Waals surface area (Å²) in [5.74, 6) is -0.982. The van der Waals surface area contributed by atoms with E-state index in [0.717, 1.165) is 11.1 Å². The fourth-order valence-corrected chi connectivity index (χ4v) is 2.62. The number of rotatable bonds is 9. The first-order valence-corrected chi connectivity index (χ1v) is 8.97. The SMILES string of the molecule is CCOC(Cc1cccc(CCOC(=O)Nc2ccc(Cl)cc2)c1)C(=O)O. The van der Waals surface area contributed by atoms with Crippen molar-refractivity contribution in [2.24, 2.45) is 0 Å². The Bertz CT molecular complexity index is 763. The lowest BCUT2D eigenvalue weighted by atomic mass is 10.0. The predicted molar refractivity (Wildman–Crippen MR) is 103 cm³/mol. The van der Waals surface area contributed by atoms with Crippen molar-refractivity contribution >= 4 is 29.4 Å². The highest BCUT2D eigenvalue weighted by atomic mass is 35.5. The normalized spacial score (nSPS) is 11.6. The number of benzene rings is 2. The third-order valence-corrected chi connectivity index (χ3v) is 4.02. The van der Waals surface area contributed by atoms with Gasteiger partial charge in [-0.25, -0.2) is 9.59 Å². The van der Waals surface area contributed by atoms with Crippen LogP contribution in [0.4, 0.5) is 10.5 Å². The zero-order valence-corrected chi connectivity index (χ0v) is 15.7. The summed E-state index contributed by atoms with van der Waals surface area (Å²) in [5.41, 5.74) is 2.41. The number of carboxylic acids is 1. The van der Waals surface area contributed by atoms with Crippen molar-refractivity contribution in [3.8, 4) is 0 Å². The molecular formula is C20H22ClNO5. The van der Waals surface area contributed by atoms with Crippen molar-refractivity contribution in [3.63, 3.8) is 0 Å². The molecule has 0 heterocycles. The van der Waals surface area contributed by atoms with Crippen molar-refractivity contribution in [2.45, 2.75) is 25.9 Å². The van der Waals surface area contributed by atoms with E-state index >= 15 is 0 Å². The lowest BCUT2D eigenvalue weighted by molar-refractivity contribution is -0.149. The van der Waals surface area contributed by atoms with E-state index in [-0.39, 0.29) is 13.0 Å². The highest BCUT2D eigenvalue weighted by Gasteiger charge is 2.18. The molecule has 7 heteroatoms. The second-order valence-corrected chi connectivity index (χ2v) is 6.26. The van der Waals surface area contributed by atoms with E-state index in [9.17, 15) is 14.7 Å². The van der Waals surface area contributed by atoms with Gasteiger partial charge < -0.3 is 14.6 Å². The van der Waals surface area contributed by atoms with E-state index in [1.165, 1.54) is 0 Å². The molecule has 0 saturated heterocycles. The number of hydrogen-bond acceptors (Lipinski definition) is 4. The maximum Gasteiger partial charge on any atom is 0.411 e. The summed E-state index contributed by atoms with van der Waals surface area (Å²) in [6, 6.07) is 14.2. The Balaban J connectivity index is 1.82. The van der Waals surface area contributed by atoms with Crippen molar-refractivity contribution in [1.29, 1.82) is 0 Å². The summed E-state index contributed by atoms with van der Waals surface area (Å²) in [6.45, 7) is 2.31. The van der Waals surface area contributed by atoms with Gasteiger partial charge in [-0.1, -0.05) is 35.9 Å². The summed E-state index contributed by atoms with van der Waals surface area (Å²) in [4.78, 5) is 23.0. The van der Waals surface area contributed by atoms with Crippen LogP contribution < -0.4 is 5.32 Å². The Labute approximate surface area is 163 Å². The largest absolute Gasteiger partial charge is 0.479 e. The molecule has 0 aliphatic rings. The Morgan fingerprint density at radius 2 is 1.85 bits per heavy atom. The minimum Gasteiger partial charge on any atom is -0.479 e. The van der Waals surface area contributed by atoms with Crippen molar-refractivity contribution in [1.82, 2.24) is 0 Å². The number of carbonyl (C=O) groups is 2. The highest BCUT2D eigenvalue weighted by Crippen LogP contribution is 2.14. The van der Waals surface area contributed by atoms with Gasteiger partial charge in [0.05, 0.1) is 6.61 Å². The number of carbonyl (C=O) groups excluding carboxylic acids is 1. The van der Waals surface area contributed by atoms with Crippen LogP contribution >= 0.6 is 11.6 Å². The first-order chi connectivity index (χ1) is 13.0. The van der Waals surface area contributed by atoms with Crippen molar-refractivity contribution in [2.75, 3.05) is 18.5 Å². The molecule has 0 aliphatic heterocycles. The maximum absolute atomic E-state index is 11.8. The lowest BCUT2D eigenvalue weighted by Gasteiger charge is -2.13. The van der Waals surface area contributed by atoms with Gasteiger partial charge in [-0.15, -0.1) is 0 Å². The Kier molecular flexibility index (Phi) is 8.10. The van der Waals surface area contributed by atoms with Gasteiger partial charge in [0.2, 0.25) is 0 Å². The quantitative estimate of drug-likeness (QED) is 0.670. The molecule has 0 saturated carbocycles. The summed E-state index contributed by atoms with van der Waals surface area (Å²) in [5, 5.41) is 12.4. The summed E-state index contributed by atoms with van der Waals surface area (Å²) in [7, 11) is 0. The molecule has 0 bridgehead atoms. The Hall–Kier alpha value is -2.57. The molecule has 1 unspecified atom stereocenters. The van der Waals surface area contributed by atoms with Gasteiger partial charge in [0.1, 0.15) is 0 Å². The number of hydrogen-bond donors (Lipinski definition) is 2. The maximum atomic E-state index is 11.8. The van der Waals surface area contributed by atoms with Gasteiger partial charge in [-0.05, 0) is 42.3 Å². The van der Waals surface area contributed by atoms with Gasteiger partial charge in [0.15, 0.2) is 6.10 Å². The Morgan fingerprint density at radius 3 is 2.52 bits per heavy atom. The first kappa shape index (κ1) is 20.7. The van der Waals surface area contributed by atoms with Crippen molar-refractivity contribution in [3.05, 3.63) is 64.7 Å². The van der Waals surface area contributed by atoms with Crippen LogP contribution in [-0.2, 0) is 27.1 Å². The zero-order valence-electron chi connectivity index (χ0n) is 15.0. The molecule has 2 N–H and O–H groups in total. The molecule has 0 spiro atoms. The smallest absolute Gasteiger partial charge is 0.411 e. The second-order valence-electron chi connectivity index (χ2n) is 5.82. The molecule has 1 amide bonds. The average molecular weight is 392 g/mol. The second kappa shape index (κ2) is 10.5. The van der Waals surface area contributed by atoms with Gasteiger partial charge >= 0.3 is 12.1 Å². The molecule has 144 valence electrons. The number of halogens is 1. The summed E-state index contributed by atoms with van der Waals surface area (Å²) >= 11 is 5.79. The van der Waals surface area contributed by atoms with Gasteiger partial charge in [-0.2, -0.15) is 0 Å². The van der Waals surface area contributed by atoms with E-state index in [1.54, 1.807) is 31.2 Å². The fourth-order valence-electron chi connectivity index (χ4n) is 2.49. The standard InChI is InChI=1S/C20H22ClNO5/c1-2-26-18(19(23)24)13-15-5-3-4-14(12-15)10-11-27-20(25)22-17-8-6-16(21)7-9-17/h3-9,12,18H,2,10-11,13H2,1H3,(H,22,25)(H,23,24). The molecule has 0 aliphatic carbocycles. The van der Waals surface area contributed by atoms with E-state index < -0.39 is 18.2 Å². The topological polar surface area (TPSA) is 84.9 Å². The van der Waals surface area contributed by atoms with Crippen LogP contribution in [0.3, 0.4) is 0 Å². The van der Waals surface area contributed by atoms with Crippen LogP contribution in [0.5, 0.6) is 0 Å². The molecule has 2 aromatic rings. The third kappa shape index (κ3) is 7.29. The van der Waals surface area contributed by atoms with Crippen LogP contribution in [0.15, 0.2) is 48.5 Å². The van der Waals surface area contributed by atoms with Crippen LogP contribution in [0.1, 0.15) is 18.1 Å². The monoisotopic (exact) mass is 391 g/mol. The molecule has 6 nitrogen and oxygen atoms in total. The lowest BCUT2D eigenvalue weighted by Crippen LogP contribution is -2.26. The Morgan fingerprint density at radius 1 is 1.15 bits per heavy atom. The summed E-state index contributed by atoms with van der Waals surface area (Å²) in [6.07, 6.45) is -0.606. The third-order valence-electron chi connectivity index (χ3n) is 3.77. The average Bonchev–Trinajstić information content (AvgIpc) is 2.63. The number of nitrogens with one attached hydrogen (secondary N) is 1. The van der Waals surface area contributed by atoms with Crippen molar-refractivity contribution < 1.29 is 24.2 Å². The van der Waals surface area contributed by atoms with Gasteiger partial charge in [0.25, 0.3) is 0 Å². The van der Waals surface area contributed by atoms with Crippen LogP contribution in [0, 0.1) is 0 Å². The molecule has 0 aromatic heterocycles. The number of ether oxygens (including phenoxy) is 2. The number of amides is 1. The molecule has 0 radical (unpaired) electrons. The predicted octanol–water partition coefficient (Wildman–Crippen LogP) is 4.16. The van der Waals surface area contributed by atoms with Gasteiger partial charge in [-0.3, -0.25) is 5.32 Å². The molecule has 27 heavy (non-hydrogen) atoms. The van der Waals surface area contributed by atoms with Gasteiger partial charge in [0, 0.05) is 30.2 Å². The van der Waals surface area contributed by atoms with E-state index in [1.807, 2.05) is 24.3 Å². The van der Waals surface area contributed by atoms with Crippen LogP contribution in [-0.4, -0.2) is 36.5 Å². The zero-order chi connectivity index (χ0) is 19.6. The number of aliphatic carboxylic acids is 1. The summed E-state index contributed by atoms with van der Waals surface area (Å²) < 4.78 is 10.4. The van der Waals surface area contributed by atoms with E-state index in [4.69, 9.17) is 21.1 Å². The molecule has 1 atom stereocenters. The first-order valence-electron chi connectivity index (χ1n) is 8.59. The highest BCUT2D eigenvalue weighted by molar-refractivity contribution is 6.30. The molecular weight excluding hydrogens is 370 g/mol. The minimum absolute atomic E-state index is 0.205. The van der Waals surface area contributed by atoms with Crippen LogP contribution in [0.2, 0.25) is 5.02 Å². The molecule has 0 fully saturated rings. The fraction of sp³-hybridized carbons (Fsp3) is 0.300. The van der Waals surface area contributed by atoms with Crippen LogP contribution in [0.25, 0.3) is 0 Å². The van der Waals surface area contributed by atoms with E-state index in [2.05, 4.69) is 5.32 Å².